The Morgan fingerprint density at radius 2 is 2.20 bits per heavy atom. The second kappa shape index (κ2) is 6.08. The van der Waals surface area contributed by atoms with Crippen LogP contribution in [0.5, 0.6) is 0 Å². The average molecular weight is 214 g/mol. The van der Waals surface area contributed by atoms with Gasteiger partial charge in [0.2, 0.25) is 0 Å². The SMILES string of the molecule is CN(C)CCOC(=O)C1CCCCN1C. The lowest BCUT2D eigenvalue weighted by atomic mass is 10.0. The van der Waals surface area contributed by atoms with E-state index in [0.29, 0.717) is 6.61 Å². The van der Waals surface area contributed by atoms with Crippen LogP contribution in [0, 0.1) is 0 Å². The van der Waals surface area contributed by atoms with Gasteiger partial charge in [0.25, 0.3) is 0 Å². The van der Waals surface area contributed by atoms with Gasteiger partial charge >= 0.3 is 5.97 Å². The van der Waals surface area contributed by atoms with Gasteiger partial charge in [-0.2, -0.15) is 0 Å². The Balaban J connectivity index is 2.26. The zero-order valence-corrected chi connectivity index (χ0v) is 10.0. The van der Waals surface area contributed by atoms with Crippen LogP contribution in [0.3, 0.4) is 0 Å². The van der Waals surface area contributed by atoms with E-state index in [0.717, 1.165) is 25.9 Å². The molecule has 1 unspecified atom stereocenters. The van der Waals surface area contributed by atoms with Crippen LogP contribution in [0.15, 0.2) is 0 Å². The number of carbonyl (C=O) groups excluding carboxylic acids is 1. The Hall–Kier alpha value is -0.610. The largest absolute Gasteiger partial charge is 0.463 e. The fourth-order valence-electron chi connectivity index (χ4n) is 1.80. The molecule has 0 aromatic carbocycles. The molecular formula is C11H22N2O2. The molecule has 1 atom stereocenters. The molecule has 0 spiro atoms. The Labute approximate surface area is 92.2 Å². The Bertz CT molecular complexity index is 207. The van der Waals surface area contributed by atoms with Crippen molar-refractivity contribution in [2.75, 3.05) is 40.8 Å². The van der Waals surface area contributed by atoms with Gasteiger partial charge in [-0.05, 0) is 40.5 Å². The molecule has 88 valence electrons. The maximum absolute atomic E-state index is 11.7. The molecule has 1 aliphatic rings. The van der Waals surface area contributed by atoms with Gasteiger partial charge in [-0.1, -0.05) is 6.42 Å². The normalized spacial score (nSPS) is 23.1. The number of nitrogens with zero attached hydrogens (tertiary/aromatic N) is 2. The van der Waals surface area contributed by atoms with E-state index in [1.54, 1.807) is 0 Å². The topological polar surface area (TPSA) is 32.8 Å². The van der Waals surface area contributed by atoms with Crippen molar-refractivity contribution in [1.29, 1.82) is 0 Å². The predicted octanol–water partition coefficient (Wildman–Crippen LogP) is 0.575. The third-order valence-electron chi connectivity index (χ3n) is 2.83. The molecule has 0 aliphatic carbocycles. The Morgan fingerprint density at radius 1 is 1.47 bits per heavy atom. The van der Waals surface area contributed by atoms with Gasteiger partial charge in [-0.3, -0.25) is 9.69 Å². The minimum Gasteiger partial charge on any atom is -0.463 e. The van der Waals surface area contributed by atoms with E-state index in [2.05, 4.69) is 4.90 Å². The highest BCUT2D eigenvalue weighted by Gasteiger charge is 2.26. The Kier molecular flexibility index (Phi) is 5.05. The van der Waals surface area contributed by atoms with E-state index < -0.39 is 0 Å². The van der Waals surface area contributed by atoms with Crippen molar-refractivity contribution in [2.24, 2.45) is 0 Å². The van der Waals surface area contributed by atoms with Crippen LogP contribution >= 0.6 is 0 Å². The summed E-state index contributed by atoms with van der Waals surface area (Å²) in [6.45, 7) is 2.30. The number of likely N-dealkylation sites (tertiary alicyclic amines) is 1. The number of piperidine rings is 1. The lowest BCUT2D eigenvalue weighted by molar-refractivity contribution is -0.151. The van der Waals surface area contributed by atoms with Crippen molar-refractivity contribution in [3.8, 4) is 0 Å². The van der Waals surface area contributed by atoms with Crippen molar-refractivity contribution in [2.45, 2.75) is 25.3 Å². The number of ether oxygens (including phenoxy) is 1. The molecule has 0 N–H and O–H groups in total. The molecule has 0 amide bonds. The van der Waals surface area contributed by atoms with Crippen LogP contribution in [0.25, 0.3) is 0 Å². The lowest BCUT2D eigenvalue weighted by Crippen LogP contribution is -2.43. The smallest absolute Gasteiger partial charge is 0.323 e. The molecule has 1 rings (SSSR count). The van der Waals surface area contributed by atoms with Crippen molar-refractivity contribution < 1.29 is 9.53 Å². The van der Waals surface area contributed by atoms with Gasteiger partial charge in [0.05, 0.1) is 0 Å². The van der Waals surface area contributed by atoms with Gasteiger partial charge in [-0.15, -0.1) is 0 Å². The number of hydrogen-bond donors (Lipinski definition) is 0. The number of carbonyl (C=O) groups is 1. The number of likely N-dealkylation sites (N-methyl/N-ethyl adjacent to an activating group) is 2. The number of esters is 1. The molecule has 0 bridgehead atoms. The summed E-state index contributed by atoms with van der Waals surface area (Å²) in [7, 11) is 5.94. The van der Waals surface area contributed by atoms with Crippen molar-refractivity contribution in [1.82, 2.24) is 9.80 Å². The first kappa shape index (κ1) is 12.5. The predicted molar refractivity (Wildman–Crippen MR) is 59.8 cm³/mol. The van der Waals surface area contributed by atoms with Crippen LogP contribution in [-0.4, -0.2) is 62.7 Å². The monoisotopic (exact) mass is 214 g/mol. The van der Waals surface area contributed by atoms with Crippen LogP contribution < -0.4 is 0 Å². The number of hydrogen-bond acceptors (Lipinski definition) is 4. The lowest BCUT2D eigenvalue weighted by Gasteiger charge is -2.30. The van der Waals surface area contributed by atoms with Crippen molar-refractivity contribution in [3.63, 3.8) is 0 Å². The molecule has 0 radical (unpaired) electrons. The third-order valence-corrected chi connectivity index (χ3v) is 2.83. The van der Waals surface area contributed by atoms with E-state index in [1.165, 1.54) is 6.42 Å². The van der Waals surface area contributed by atoms with E-state index in [9.17, 15) is 4.79 Å². The molecular weight excluding hydrogens is 192 g/mol. The van der Waals surface area contributed by atoms with Gasteiger partial charge in [0.1, 0.15) is 12.6 Å². The second-order valence-corrected chi connectivity index (χ2v) is 4.46. The maximum atomic E-state index is 11.7. The maximum Gasteiger partial charge on any atom is 0.323 e. The summed E-state index contributed by atoms with van der Waals surface area (Å²) in [6.07, 6.45) is 3.27. The zero-order chi connectivity index (χ0) is 11.3. The summed E-state index contributed by atoms with van der Waals surface area (Å²) < 4.78 is 5.24. The summed E-state index contributed by atoms with van der Waals surface area (Å²) in [6, 6.07) is -0.0130. The fourth-order valence-corrected chi connectivity index (χ4v) is 1.80. The van der Waals surface area contributed by atoms with Crippen LogP contribution in [0.1, 0.15) is 19.3 Å². The molecule has 0 aromatic rings. The molecule has 1 fully saturated rings. The highest BCUT2D eigenvalue weighted by atomic mass is 16.5. The highest BCUT2D eigenvalue weighted by molar-refractivity contribution is 5.75. The van der Waals surface area contributed by atoms with Gasteiger partial charge in [0, 0.05) is 6.54 Å². The molecule has 1 saturated heterocycles. The van der Waals surface area contributed by atoms with E-state index in [4.69, 9.17) is 4.74 Å². The Morgan fingerprint density at radius 3 is 2.80 bits per heavy atom. The minimum atomic E-state index is -0.0564. The molecule has 0 saturated carbocycles. The molecule has 4 heteroatoms. The van der Waals surface area contributed by atoms with Gasteiger partial charge < -0.3 is 9.64 Å². The number of rotatable bonds is 4. The van der Waals surface area contributed by atoms with Gasteiger partial charge in [0.15, 0.2) is 0 Å². The van der Waals surface area contributed by atoms with E-state index >= 15 is 0 Å². The summed E-state index contributed by atoms with van der Waals surface area (Å²) in [4.78, 5) is 15.8. The third kappa shape index (κ3) is 4.18. The molecule has 4 nitrogen and oxygen atoms in total. The fraction of sp³-hybridized carbons (Fsp3) is 0.909. The quantitative estimate of drug-likeness (QED) is 0.641. The van der Waals surface area contributed by atoms with Crippen LogP contribution in [0.2, 0.25) is 0 Å². The van der Waals surface area contributed by atoms with E-state index in [1.807, 2.05) is 26.0 Å². The summed E-state index contributed by atoms with van der Waals surface area (Å²) in [5, 5.41) is 0. The van der Waals surface area contributed by atoms with Crippen LogP contribution in [0.4, 0.5) is 0 Å². The van der Waals surface area contributed by atoms with Gasteiger partial charge in [-0.25, -0.2) is 0 Å². The molecule has 1 aliphatic heterocycles. The summed E-state index contributed by atoms with van der Waals surface area (Å²) in [5.74, 6) is -0.0564. The molecule has 15 heavy (non-hydrogen) atoms. The average Bonchev–Trinajstić information content (AvgIpc) is 2.17. The first-order chi connectivity index (χ1) is 7.11. The summed E-state index contributed by atoms with van der Waals surface area (Å²) >= 11 is 0. The zero-order valence-electron chi connectivity index (χ0n) is 10.0. The first-order valence-corrected chi connectivity index (χ1v) is 5.63. The van der Waals surface area contributed by atoms with Crippen LogP contribution in [-0.2, 0) is 9.53 Å². The first-order valence-electron chi connectivity index (χ1n) is 5.63. The standard InChI is InChI=1S/C11H22N2O2/c1-12(2)8-9-15-11(14)10-6-4-5-7-13(10)3/h10H,4-9H2,1-3H3. The van der Waals surface area contributed by atoms with Crippen molar-refractivity contribution >= 4 is 5.97 Å². The second-order valence-electron chi connectivity index (χ2n) is 4.46. The molecule has 0 aromatic heterocycles. The minimum absolute atomic E-state index is 0.0130. The molecule has 1 heterocycles. The van der Waals surface area contributed by atoms with E-state index in [-0.39, 0.29) is 12.0 Å². The van der Waals surface area contributed by atoms with Crippen molar-refractivity contribution in [3.05, 3.63) is 0 Å². The highest BCUT2D eigenvalue weighted by Crippen LogP contribution is 2.15. The summed E-state index contributed by atoms with van der Waals surface area (Å²) in [5.41, 5.74) is 0.